The summed E-state index contributed by atoms with van der Waals surface area (Å²) in [6.45, 7) is 0.902. The molecule has 0 saturated carbocycles. The number of aliphatic carboxylic acids is 1. The molecule has 0 saturated heterocycles. The van der Waals surface area contributed by atoms with Gasteiger partial charge in [-0.25, -0.2) is 0 Å². The number of nitrogens with zero attached hydrogens (tertiary/aromatic N) is 1. The van der Waals surface area contributed by atoms with Gasteiger partial charge in [-0.15, -0.1) is 0 Å². The Kier molecular flexibility index (Phi) is 6.80. The zero-order valence-electron chi connectivity index (χ0n) is 8.15. The van der Waals surface area contributed by atoms with Gasteiger partial charge in [0.2, 0.25) is 0 Å². The van der Waals surface area contributed by atoms with E-state index in [2.05, 4.69) is 0 Å². The van der Waals surface area contributed by atoms with Gasteiger partial charge in [-0.2, -0.15) is 0 Å². The smallest absolute Gasteiger partial charge is 0.304 e. The molecule has 5 heteroatoms. The molecule has 0 aromatic carbocycles. The minimum Gasteiger partial charge on any atom is -0.481 e. The fourth-order valence-corrected chi connectivity index (χ4v) is 1.90. The van der Waals surface area contributed by atoms with Crippen LogP contribution in [0.25, 0.3) is 0 Å². The molecule has 0 aromatic heterocycles. The van der Waals surface area contributed by atoms with Crippen LogP contribution in [0, 0.1) is 0 Å². The molecule has 0 aliphatic rings. The van der Waals surface area contributed by atoms with Crippen LogP contribution < -0.4 is 0 Å². The van der Waals surface area contributed by atoms with Crippen molar-refractivity contribution in [2.45, 2.75) is 12.8 Å². The third-order valence-electron chi connectivity index (χ3n) is 1.52. The predicted octanol–water partition coefficient (Wildman–Crippen LogP) is 0.161. The van der Waals surface area contributed by atoms with Crippen molar-refractivity contribution in [2.24, 2.45) is 0 Å². The van der Waals surface area contributed by atoms with E-state index in [-0.39, 0.29) is 12.2 Å². The lowest BCUT2D eigenvalue weighted by Crippen LogP contribution is -2.16. The maximum atomic E-state index is 11.2. The minimum atomic E-state index is -0.965. The van der Waals surface area contributed by atoms with E-state index in [0.29, 0.717) is 5.75 Å². The number of carboxylic acid groups (broad SMARTS) is 1. The van der Waals surface area contributed by atoms with Gasteiger partial charge in [0, 0.05) is 22.3 Å². The summed E-state index contributed by atoms with van der Waals surface area (Å²) >= 11 is 0. The summed E-state index contributed by atoms with van der Waals surface area (Å²) in [4.78, 5) is 12.2. The second-order valence-electron chi connectivity index (χ2n) is 3.15. The van der Waals surface area contributed by atoms with E-state index < -0.39 is 16.8 Å². The highest BCUT2D eigenvalue weighted by molar-refractivity contribution is 7.84. The monoisotopic (exact) mass is 207 g/mol. The molecule has 1 N–H and O–H groups in total. The summed E-state index contributed by atoms with van der Waals surface area (Å²) in [6, 6.07) is 0. The van der Waals surface area contributed by atoms with Gasteiger partial charge in [0.05, 0.1) is 6.42 Å². The Bertz CT molecular complexity index is 182. The van der Waals surface area contributed by atoms with Crippen LogP contribution in [0.15, 0.2) is 0 Å². The highest BCUT2D eigenvalue weighted by Gasteiger charge is 2.03. The van der Waals surface area contributed by atoms with E-state index in [0.717, 1.165) is 13.0 Å². The van der Waals surface area contributed by atoms with E-state index in [4.69, 9.17) is 5.11 Å². The van der Waals surface area contributed by atoms with E-state index in [1.807, 2.05) is 19.0 Å². The van der Waals surface area contributed by atoms with Gasteiger partial charge < -0.3 is 10.0 Å². The molecule has 0 heterocycles. The van der Waals surface area contributed by atoms with E-state index in [1.165, 1.54) is 0 Å². The molecule has 0 aliphatic heterocycles. The predicted molar refractivity (Wildman–Crippen MR) is 53.3 cm³/mol. The molecular formula is C8H17NO3S. The Balaban J connectivity index is 3.36. The van der Waals surface area contributed by atoms with Crippen LogP contribution in [-0.4, -0.2) is 52.3 Å². The second kappa shape index (κ2) is 7.03. The Morgan fingerprint density at radius 3 is 2.46 bits per heavy atom. The Morgan fingerprint density at radius 2 is 2.00 bits per heavy atom. The summed E-state index contributed by atoms with van der Waals surface area (Å²) in [5.74, 6) is 0.00905. The van der Waals surface area contributed by atoms with Crippen LogP contribution in [0.5, 0.6) is 0 Å². The number of carboxylic acids is 1. The maximum absolute atomic E-state index is 11.2. The van der Waals surface area contributed by atoms with Crippen molar-refractivity contribution in [3.8, 4) is 0 Å². The van der Waals surface area contributed by atoms with Crippen molar-refractivity contribution in [1.29, 1.82) is 0 Å². The van der Waals surface area contributed by atoms with Crippen molar-refractivity contribution < 1.29 is 14.1 Å². The molecule has 1 unspecified atom stereocenters. The topological polar surface area (TPSA) is 57.6 Å². The van der Waals surface area contributed by atoms with Crippen molar-refractivity contribution in [1.82, 2.24) is 4.90 Å². The SMILES string of the molecule is CN(C)CCCS(=O)CCC(=O)O. The molecule has 0 rings (SSSR count). The van der Waals surface area contributed by atoms with Gasteiger partial charge in [-0.05, 0) is 27.1 Å². The fraction of sp³-hybridized carbons (Fsp3) is 0.875. The lowest BCUT2D eigenvalue weighted by Gasteiger charge is -2.08. The summed E-state index contributed by atoms with van der Waals surface area (Å²) in [6.07, 6.45) is 0.869. The third-order valence-corrected chi connectivity index (χ3v) is 2.92. The van der Waals surface area contributed by atoms with Crippen LogP contribution >= 0.6 is 0 Å². The number of hydrogen-bond acceptors (Lipinski definition) is 3. The first-order valence-corrected chi connectivity index (χ1v) is 5.72. The largest absolute Gasteiger partial charge is 0.481 e. The quantitative estimate of drug-likeness (QED) is 0.646. The molecule has 0 spiro atoms. The molecule has 4 nitrogen and oxygen atoms in total. The standard InChI is InChI=1S/C8H17NO3S/c1-9(2)5-3-6-13(12)7-4-8(10)11/h3-7H2,1-2H3,(H,10,11). The van der Waals surface area contributed by atoms with Gasteiger partial charge >= 0.3 is 5.97 Å². The van der Waals surface area contributed by atoms with E-state index >= 15 is 0 Å². The molecule has 0 fully saturated rings. The molecule has 0 amide bonds. The molecule has 0 radical (unpaired) electrons. The van der Waals surface area contributed by atoms with E-state index in [1.54, 1.807) is 0 Å². The lowest BCUT2D eigenvalue weighted by atomic mass is 10.5. The van der Waals surface area contributed by atoms with Crippen molar-refractivity contribution in [2.75, 3.05) is 32.1 Å². The van der Waals surface area contributed by atoms with Gasteiger partial charge in [0.25, 0.3) is 0 Å². The first-order valence-electron chi connectivity index (χ1n) is 4.24. The number of rotatable bonds is 7. The molecule has 0 aromatic rings. The van der Waals surface area contributed by atoms with Gasteiger partial charge in [-0.1, -0.05) is 0 Å². The minimum absolute atomic E-state index is 0.00851. The zero-order valence-corrected chi connectivity index (χ0v) is 8.97. The summed E-state index contributed by atoms with van der Waals surface area (Å²) in [5, 5.41) is 8.33. The van der Waals surface area contributed by atoms with Crippen molar-refractivity contribution >= 4 is 16.8 Å². The van der Waals surface area contributed by atoms with Crippen LogP contribution in [0.3, 0.4) is 0 Å². The molecule has 0 aliphatic carbocycles. The normalized spacial score (nSPS) is 13.2. The highest BCUT2D eigenvalue weighted by Crippen LogP contribution is 1.92. The third kappa shape index (κ3) is 9.49. The molecule has 1 atom stereocenters. The number of carbonyl (C=O) groups is 1. The van der Waals surface area contributed by atoms with Crippen molar-refractivity contribution in [3.05, 3.63) is 0 Å². The zero-order chi connectivity index (χ0) is 10.3. The Morgan fingerprint density at radius 1 is 1.38 bits per heavy atom. The van der Waals surface area contributed by atoms with Gasteiger partial charge in [-0.3, -0.25) is 9.00 Å². The fourth-order valence-electron chi connectivity index (χ4n) is 0.845. The lowest BCUT2D eigenvalue weighted by molar-refractivity contribution is -0.136. The molecule has 13 heavy (non-hydrogen) atoms. The van der Waals surface area contributed by atoms with Crippen molar-refractivity contribution in [3.63, 3.8) is 0 Å². The average molecular weight is 207 g/mol. The summed E-state index contributed by atoms with van der Waals surface area (Å²) in [5.41, 5.74) is 0. The summed E-state index contributed by atoms with van der Waals surface area (Å²) in [7, 11) is 2.95. The van der Waals surface area contributed by atoms with E-state index in [9.17, 15) is 9.00 Å². The van der Waals surface area contributed by atoms with Crippen LogP contribution in [0.1, 0.15) is 12.8 Å². The summed E-state index contributed by atoms with van der Waals surface area (Å²) < 4.78 is 11.2. The van der Waals surface area contributed by atoms with Gasteiger partial charge in [0.1, 0.15) is 0 Å². The molecular weight excluding hydrogens is 190 g/mol. The second-order valence-corrected chi connectivity index (χ2v) is 4.84. The Hall–Kier alpha value is -0.420. The molecule has 78 valence electrons. The first-order chi connectivity index (χ1) is 6.02. The van der Waals surface area contributed by atoms with Crippen LogP contribution in [-0.2, 0) is 15.6 Å². The average Bonchev–Trinajstić information content (AvgIpc) is 2.00. The first kappa shape index (κ1) is 12.6. The van der Waals surface area contributed by atoms with Crippen LogP contribution in [0.4, 0.5) is 0 Å². The van der Waals surface area contributed by atoms with Gasteiger partial charge in [0.15, 0.2) is 0 Å². The highest BCUT2D eigenvalue weighted by atomic mass is 32.2. The Labute approximate surface area is 81.4 Å². The van der Waals surface area contributed by atoms with Crippen LogP contribution in [0.2, 0.25) is 0 Å². The maximum Gasteiger partial charge on any atom is 0.304 e. The molecule has 0 bridgehead atoms. The number of hydrogen-bond donors (Lipinski definition) is 1.